The summed E-state index contributed by atoms with van der Waals surface area (Å²) in [5.41, 5.74) is 3.03. The van der Waals surface area contributed by atoms with Crippen molar-refractivity contribution in [2.75, 3.05) is 58.9 Å². The molecule has 4 heterocycles. The van der Waals surface area contributed by atoms with E-state index in [9.17, 15) is 9.59 Å². The Labute approximate surface area is 187 Å². The number of hydrogen-bond acceptors (Lipinski definition) is 7. The molecule has 0 saturated carbocycles. The van der Waals surface area contributed by atoms with Crippen LogP contribution in [0.2, 0.25) is 0 Å². The Balaban J connectivity index is 1.18. The Kier molecular flexibility index (Phi) is 7.04. The number of carbonyl (C=O) groups is 2. The summed E-state index contributed by atoms with van der Waals surface area (Å²) >= 11 is 1.73. The lowest BCUT2D eigenvalue weighted by Crippen LogP contribution is -2.54. The molecule has 2 aliphatic heterocycles. The lowest BCUT2D eigenvalue weighted by Gasteiger charge is -2.38. The zero-order valence-electron chi connectivity index (χ0n) is 18.4. The second kappa shape index (κ2) is 9.93. The molecule has 2 aromatic rings. The third-order valence-electron chi connectivity index (χ3n) is 6.30. The van der Waals surface area contributed by atoms with Gasteiger partial charge in [-0.3, -0.25) is 19.4 Å². The minimum atomic E-state index is 0.0992. The zero-order chi connectivity index (χ0) is 21.8. The maximum absolute atomic E-state index is 12.8. The molecule has 0 aromatic carbocycles. The highest BCUT2D eigenvalue weighted by molar-refractivity contribution is 7.07. The minimum absolute atomic E-state index is 0.0992. The van der Waals surface area contributed by atoms with Crippen molar-refractivity contribution in [3.63, 3.8) is 0 Å². The van der Waals surface area contributed by atoms with Gasteiger partial charge in [0.05, 0.1) is 18.7 Å². The van der Waals surface area contributed by atoms with E-state index in [-0.39, 0.29) is 11.8 Å². The number of thiophene rings is 1. The number of amides is 2. The molecule has 31 heavy (non-hydrogen) atoms. The van der Waals surface area contributed by atoms with Gasteiger partial charge in [0.25, 0.3) is 0 Å². The van der Waals surface area contributed by atoms with Gasteiger partial charge in [0.1, 0.15) is 5.76 Å². The Morgan fingerprint density at radius 3 is 2.19 bits per heavy atom. The average Bonchev–Trinajstić information content (AvgIpc) is 3.40. The Hall–Kier alpha value is -2.23. The average molecular weight is 446 g/mol. The summed E-state index contributed by atoms with van der Waals surface area (Å²) in [6, 6.07) is 2.17. The SMILES string of the molecule is Cc1noc(C)c1CC(=O)N1CCN(CC(=O)N2CCN(Cc3ccsc3)CC2)CC1. The Bertz CT molecular complexity index is 862. The molecule has 0 N–H and O–H groups in total. The van der Waals surface area contributed by atoms with E-state index in [2.05, 4.69) is 31.8 Å². The molecule has 0 aliphatic carbocycles. The standard InChI is InChI=1S/C22H31N5O3S/c1-17-20(18(2)30-23-17)13-21(28)26-8-6-25(7-9-26)15-22(29)27-10-4-24(5-11-27)14-19-3-12-31-16-19/h3,12,16H,4-11,13-15H2,1-2H3. The van der Waals surface area contributed by atoms with Gasteiger partial charge in [0.2, 0.25) is 11.8 Å². The van der Waals surface area contributed by atoms with Gasteiger partial charge >= 0.3 is 0 Å². The molecule has 0 bridgehead atoms. The number of carbonyl (C=O) groups excluding carboxylic acids is 2. The van der Waals surface area contributed by atoms with Gasteiger partial charge in [-0.25, -0.2) is 0 Å². The van der Waals surface area contributed by atoms with Crippen LogP contribution in [0.15, 0.2) is 21.3 Å². The molecule has 0 spiro atoms. The van der Waals surface area contributed by atoms with E-state index in [0.717, 1.165) is 57.1 Å². The van der Waals surface area contributed by atoms with Crippen LogP contribution in [0.4, 0.5) is 0 Å². The summed E-state index contributed by atoms with van der Waals surface area (Å²) in [5, 5.41) is 8.23. The van der Waals surface area contributed by atoms with Gasteiger partial charge in [-0.05, 0) is 36.2 Å². The fourth-order valence-electron chi connectivity index (χ4n) is 4.26. The van der Waals surface area contributed by atoms with E-state index in [4.69, 9.17) is 4.52 Å². The monoisotopic (exact) mass is 445 g/mol. The summed E-state index contributed by atoms with van der Waals surface area (Å²) in [6.45, 7) is 11.3. The van der Waals surface area contributed by atoms with Gasteiger partial charge in [-0.1, -0.05) is 5.16 Å². The molecule has 168 valence electrons. The zero-order valence-corrected chi connectivity index (χ0v) is 19.2. The minimum Gasteiger partial charge on any atom is -0.361 e. The fraction of sp³-hybridized carbons (Fsp3) is 0.591. The smallest absolute Gasteiger partial charge is 0.236 e. The highest BCUT2D eigenvalue weighted by atomic mass is 32.1. The molecular formula is C22H31N5O3S. The van der Waals surface area contributed by atoms with Crippen molar-refractivity contribution in [2.45, 2.75) is 26.8 Å². The van der Waals surface area contributed by atoms with E-state index in [1.165, 1.54) is 5.56 Å². The molecule has 0 unspecified atom stereocenters. The van der Waals surface area contributed by atoms with Crippen molar-refractivity contribution in [3.8, 4) is 0 Å². The molecule has 0 atom stereocenters. The number of nitrogens with zero attached hydrogens (tertiary/aromatic N) is 5. The number of hydrogen-bond donors (Lipinski definition) is 0. The normalized spacial score (nSPS) is 18.5. The first-order chi connectivity index (χ1) is 15.0. The van der Waals surface area contributed by atoms with Crippen LogP contribution in [0.5, 0.6) is 0 Å². The first-order valence-corrected chi connectivity index (χ1v) is 11.9. The first-order valence-electron chi connectivity index (χ1n) is 10.9. The van der Waals surface area contributed by atoms with Crippen LogP contribution in [0.25, 0.3) is 0 Å². The lowest BCUT2D eigenvalue weighted by atomic mass is 10.1. The molecule has 2 aromatic heterocycles. The van der Waals surface area contributed by atoms with Gasteiger partial charge in [0, 0.05) is 64.5 Å². The van der Waals surface area contributed by atoms with Crippen LogP contribution in [-0.4, -0.2) is 95.5 Å². The van der Waals surface area contributed by atoms with Crippen molar-refractivity contribution in [1.29, 1.82) is 0 Å². The van der Waals surface area contributed by atoms with Crippen LogP contribution in [0, 0.1) is 13.8 Å². The summed E-state index contributed by atoms with van der Waals surface area (Å²) in [6.07, 6.45) is 0.329. The van der Waals surface area contributed by atoms with Crippen LogP contribution in [-0.2, 0) is 22.6 Å². The van der Waals surface area contributed by atoms with Gasteiger partial charge in [-0.15, -0.1) is 0 Å². The lowest BCUT2D eigenvalue weighted by molar-refractivity contribution is -0.136. The first kappa shape index (κ1) is 22.0. The highest BCUT2D eigenvalue weighted by Crippen LogP contribution is 2.15. The largest absolute Gasteiger partial charge is 0.361 e. The topological polar surface area (TPSA) is 73.1 Å². The number of rotatable bonds is 6. The molecule has 2 saturated heterocycles. The van der Waals surface area contributed by atoms with Crippen LogP contribution in [0.3, 0.4) is 0 Å². The van der Waals surface area contributed by atoms with Gasteiger partial charge in [-0.2, -0.15) is 11.3 Å². The Morgan fingerprint density at radius 2 is 1.61 bits per heavy atom. The second-order valence-electron chi connectivity index (χ2n) is 8.42. The third-order valence-corrected chi connectivity index (χ3v) is 7.04. The van der Waals surface area contributed by atoms with E-state index >= 15 is 0 Å². The van der Waals surface area contributed by atoms with E-state index in [1.807, 2.05) is 23.6 Å². The molecule has 8 nitrogen and oxygen atoms in total. The number of piperazine rings is 2. The summed E-state index contributed by atoms with van der Waals surface area (Å²) in [4.78, 5) is 33.9. The maximum Gasteiger partial charge on any atom is 0.236 e. The van der Waals surface area contributed by atoms with Gasteiger partial charge in [0.15, 0.2) is 0 Å². The van der Waals surface area contributed by atoms with E-state index < -0.39 is 0 Å². The fourth-order valence-corrected chi connectivity index (χ4v) is 4.92. The van der Waals surface area contributed by atoms with Crippen molar-refractivity contribution < 1.29 is 14.1 Å². The summed E-state index contributed by atoms with van der Waals surface area (Å²) in [7, 11) is 0. The predicted molar refractivity (Wildman–Crippen MR) is 119 cm³/mol. The highest BCUT2D eigenvalue weighted by Gasteiger charge is 2.27. The Morgan fingerprint density at radius 1 is 0.968 bits per heavy atom. The quantitative estimate of drug-likeness (QED) is 0.669. The summed E-state index contributed by atoms with van der Waals surface area (Å²) < 4.78 is 5.16. The van der Waals surface area contributed by atoms with Crippen molar-refractivity contribution in [1.82, 2.24) is 24.8 Å². The van der Waals surface area contributed by atoms with Crippen LogP contribution < -0.4 is 0 Å². The van der Waals surface area contributed by atoms with Crippen LogP contribution in [0.1, 0.15) is 22.6 Å². The molecule has 9 heteroatoms. The third kappa shape index (κ3) is 5.53. The van der Waals surface area contributed by atoms with Crippen molar-refractivity contribution in [3.05, 3.63) is 39.4 Å². The van der Waals surface area contributed by atoms with Crippen LogP contribution >= 0.6 is 11.3 Å². The second-order valence-corrected chi connectivity index (χ2v) is 9.21. The maximum atomic E-state index is 12.8. The van der Waals surface area contributed by atoms with Crippen molar-refractivity contribution in [2.24, 2.45) is 0 Å². The molecule has 2 amide bonds. The van der Waals surface area contributed by atoms with Crippen molar-refractivity contribution >= 4 is 23.2 Å². The number of aromatic nitrogens is 1. The van der Waals surface area contributed by atoms with E-state index in [0.29, 0.717) is 31.8 Å². The number of aryl methyl sites for hydroxylation is 2. The molecule has 0 radical (unpaired) electrons. The molecule has 2 aliphatic rings. The molecule has 4 rings (SSSR count). The predicted octanol–water partition coefficient (Wildman–Crippen LogP) is 1.38. The molecular weight excluding hydrogens is 414 g/mol. The molecule has 2 fully saturated rings. The van der Waals surface area contributed by atoms with E-state index in [1.54, 1.807) is 11.3 Å². The van der Waals surface area contributed by atoms with Gasteiger partial charge < -0.3 is 14.3 Å². The summed E-state index contributed by atoms with van der Waals surface area (Å²) in [5.74, 6) is 1.01.